The number of unbranched alkanes of at least 4 members (excludes halogenated alkanes) is 2. The van der Waals surface area contributed by atoms with Crippen LogP contribution in [0.5, 0.6) is 0 Å². The standard InChI is InChI=1S/C51H73N9O11S3.C2HF3O2/c1-3-4-6-15-43(63)54-38-29-73-27-34-22-33(26-72-21-18-52)23-35(24-34)28-74-30-39(51(70)71)57-46(65)37(25-32-11-7-5-8-12-32)56-45(64)36(16-17-42(53)62)55-48(67)44(31(2)61)58-47(66)40-13-9-19-59(40)50(69)41-14-10-20-60(41)49(38)68;3-2(4,5)1(6)7/h5,7-8,11-12,22-24,31,36-41,44,61H,3-4,6,9-10,13-21,25-30,52H2,1-2H3,(H2,53,62)(H,54,63)(H,55,67)(H,56,64)(H,57,65)(H,58,66)(H,70,71);(H,6,7)/t31-,36?,37+,38+,39+,40+,41+,44+;/m1./s1. The monoisotopic (exact) mass is 1200 g/mol. The molecule has 3 aliphatic heterocycles. The summed E-state index contributed by atoms with van der Waals surface area (Å²) in [6.45, 7) is 4.21. The number of nitrogens with zero attached hydrogens (tertiary/aromatic N) is 2. The highest BCUT2D eigenvalue weighted by molar-refractivity contribution is 7.99. The zero-order valence-electron chi connectivity index (χ0n) is 45.2. The molecule has 8 amide bonds. The number of carboxylic acid groups (broad SMARTS) is 2. The number of carbonyl (C=O) groups is 10. The molecule has 0 aromatic heterocycles. The molecule has 2 bridgehead atoms. The number of hydrogen-bond acceptors (Lipinski definition) is 15. The van der Waals surface area contributed by atoms with Crippen molar-refractivity contribution in [2.24, 2.45) is 11.5 Å². The lowest BCUT2D eigenvalue weighted by atomic mass is 10.0. The van der Waals surface area contributed by atoms with E-state index in [0.717, 1.165) is 35.3 Å². The lowest BCUT2D eigenvalue weighted by molar-refractivity contribution is -0.192. The minimum absolute atomic E-state index is 0.0621. The Balaban J connectivity index is 0.00000189. The largest absolute Gasteiger partial charge is 0.490 e. The number of nitrogens with one attached hydrogen (secondary N) is 5. The van der Waals surface area contributed by atoms with Gasteiger partial charge in [0, 0.05) is 73.4 Å². The zero-order valence-corrected chi connectivity index (χ0v) is 47.7. The molecule has 0 spiro atoms. The van der Waals surface area contributed by atoms with E-state index in [2.05, 4.69) is 32.7 Å². The second-order valence-corrected chi connectivity index (χ2v) is 22.9. The topological polar surface area (TPSA) is 350 Å². The van der Waals surface area contributed by atoms with E-state index in [1.807, 2.05) is 19.1 Å². The number of carboxylic acids is 2. The van der Waals surface area contributed by atoms with Crippen molar-refractivity contribution in [1.82, 2.24) is 36.4 Å². The number of fused-ring (bicyclic) bond motifs is 4. The smallest absolute Gasteiger partial charge is 0.480 e. The van der Waals surface area contributed by atoms with Gasteiger partial charge in [-0.3, -0.25) is 38.4 Å². The Labute approximate surface area is 480 Å². The zero-order chi connectivity index (χ0) is 59.8. The lowest BCUT2D eigenvalue weighted by Gasteiger charge is -2.33. The van der Waals surface area contributed by atoms with Gasteiger partial charge in [0.05, 0.1) is 6.10 Å². The summed E-state index contributed by atoms with van der Waals surface area (Å²) in [4.78, 5) is 135. The maximum Gasteiger partial charge on any atom is 0.490 e. The molecular formula is C53H74F3N9O13S3. The van der Waals surface area contributed by atoms with Gasteiger partial charge in [-0.25, -0.2) is 9.59 Å². The summed E-state index contributed by atoms with van der Waals surface area (Å²) in [5.74, 6) is -7.24. The molecule has 2 aromatic rings. The van der Waals surface area contributed by atoms with Gasteiger partial charge in [0.15, 0.2) is 0 Å². The van der Waals surface area contributed by atoms with E-state index >= 15 is 0 Å². The molecule has 0 aliphatic carbocycles. The first-order valence-corrected chi connectivity index (χ1v) is 30.1. The molecule has 12 N–H and O–H groups in total. The van der Waals surface area contributed by atoms with Gasteiger partial charge in [-0.05, 0) is 67.7 Å². The number of rotatable bonds is 16. The summed E-state index contributed by atoms with van der Waals surface area (Å²) in [6, 6.07) is 5.78. The maximum absolute atomic E-state index is 14.6. The molecule has 28 heteroatoms. The summed E-state index contributed by atoms with van der Waals surface area (Å²) in [7, 11) is 0. The third-order valence-corrected chi connectivity index (χ3v) is 16.5. The van der Waals surface area contributed by atoms with Crippen molar-refractivity contribution in [2.75, 3.05) is 36.9 Å². The fraction of sp³-hybridized carbons (Fsp3) is 0.585. The van der Waals surface area contributed by atoms with Crippen LogP contribution in [-0.2, 0) is 71.6 Å². The van der Waals surface area contributed by atoms with Gasteiger partial charge in [0.2, 0.25) is 47.3 Å². The van der Waals surface area contributed by atoms with E-state index in [0.29, 0.717) is 55.1 Å². The fourth-order valence-electron chi connectivity index (χ4n) is 9.16. The Morgan fingerprint density at radius 1 is 0.778 bits per heavy atom. The Morgan fingerprint density at radius 3 is 1.95 bits per heavy atom. The molecular weight excluding hydrogens is 1120 g/mol. The predicted molar refractivity (Wildman–Crippen MR) is 299 cm³/mol. The van der Waals surface area contributed by atoms with E-state index in [1.54, 1.807) is 42.1 Å². The number of aliphatic carboxylic acids is 2. The van der Waals surface area contributed by atoms with Gasteiger partial charge in [-0.2, -0.15) is 48.5 Å². The number of halogens is 3. The van der Waals surface area contributed by atoms with Crippen LogP contribution in [0.2, 0.25) is 0 Å². The Bertz CT molecular complexity index is 2500. The van der Waals surface area contributed by atoms with Gasteiger partial charge < -0.3 is 63.2 Å². The van der Waals surface area contributed by atoms with E-state index in [1.165, 1.54) is 40.2 Å². The van der Waals surface area contributed by atoms with Crippen molar-refractivity contribution in [3.8, 4) is 0 Å². The van der Waals surface area contributed by atoms with E-state index < -0.39 is 108 Å². The number of carbonyl (C=O) groups excluding carboxylic acids is 8. The van der Waals surface area contributed by atoms with Gasteiger partial charge in [0.25, 0.3) is 0 Å². The number of hydrogen-bond donors (Lipinski definition) is 10. The third kappa shape index (κ3) is 22.3. The number of primary amides is 1. The van der Waals surface area contributed by atoms with Crippen LogP contribution in [-0.4, -0.2) is 176 Å². The Hall–Kier alpha value is -6.10. The molecule has 3 heterocycles. The summed E-state index contributed by atoms with van der Waals surface area (Å²) < 4.78 is 31.7. The van der Waals surface area contributed by atoms with Gasteiger partial charge in [-0.1, -0.05) is 68.3 Å². The number of benzene rings is 2. The van der Waals surface area contributed by atoms with Crippen LogP contribution >= 0.6 is 35.3 Å². The van der Waals surface area contributed by atoms with Crippen molar-refractivity contribution >= 4 is 94.5 Å². The third-order valence-electron chi connectivity index (χ3n) is 13.2. The second-order valence-electron chi connectivity index (χ2n) is 19.7. The second kappa shape index (κ2) is 33.7. The molecule has 2 saturated heterocycles. The van der Waals surface area contributed by atoms with Crippen LogP contribution in [0.3, 0.4) is 0 Å². The number of alkyl halides is 3. The van der Waals surface area contributed by atoms with E-state index in [4.69, 9.17) is 21.4 Å². The first-order chi connectivity index (χ1) is 38.4. The highest BCUT2D eigenvalue weighted by atomic mass is 32.2. The molecule has 1 unspecified atom stereocenters. The van der Waals surface area contributed by atoms with E-state index in [-0.39, 0.29) is 62.6 Å². The van der Waals surface area contributed by atoms with Gasteiger partial charge in [-0.15, -0.1) is 0 Å². The molecule has 3 aliphatic rings. The molecule has 2 fully saturated rings. The molecule has 5 rings (SSSR count). The maximum atomic E-state index is 14.6. The summed E-state index contributed by atoms with van der Waals surface area (Å²) in [5.41, 5.74) is 14.7. The highest BCUT2D eigenvalue weighted by Crippen LogP contribution is 2.28. The van der Waals surface area contributed by atoms with Crippen molar-refractivity contribution in [1.29, 1.82) is 0 Å². The van der Waals surface area contributed by atoms with Crippen LogP contribution in [0, 0.1) is 0 Å². The molecule has 0 radical (unpaired) electrons. The fourth-order valence-corrected chi connectivity index (χ4v) is 11.8. The average Bonchev–Trinajstić information content (AvgIpc) is 4.12. The number of amides is 8. The van der Waals surface area contributed by atoms with Gasteiger partial charge >= 0.3 is 18.1 Å². The number of thioether (sulfide) groups is 3. The highest BCUT2D eigenvalue weighted by Gasteiger charge is 2.45. The summed E-state index contributed by atoms with van der Waals surface area (Å²) in [5, 5.41) is 41.6. The van der Waals surface area contributed by atoms with Crippen molar-refractivity contribution in [3.05, 3.63) is 70.8 Å². The normalized spacial score (nSPS) is 23.4. The first-order valence-electron chi connectivity index (χ1n) is 26.6. The van der Waals surface area contributed by atoms with Gasteiger partial charge in [0.1, 0.15) is 42.3 Å². The minimum atomic E-state index is -5.08. The molecule has 2 aromatic carbocycles. The van der Waals surface area contributed by atoms with Crippen LogP contribution < -0.4 is 38.1 Å². The average molecular weight is 1200 g/mol. The van der Waals surface area contributed by atoms with E-state index in [9.17, 15) is 66.5 Å². The summed E-state index contributed by atoms with van der Waals surface area (Å²) in [6.07, 6.45) is -3.36. The number of aliphatic hydroxyl groups excluding tert-OH is 1. The Morgan fingerprint density at radius 2 is 1.37 bits per heavy atom. The predicted octanol–water partition coefficient (Wildman–Crippen LogP) is 1.95. The van der Waals surface area contributed by atoms with Crippen LogP contribution in [0.15, 0.2) is 48.5 Å². The molecule has 22 nitrogen and oxygen atoms in total. The number of aliphatic hydroxyl groups is 1. The molecule has 0 saturated carbocycles. The summed E-state index contributed by atoms with van der Waals surface area (Å²) >= 11 is 4.39. The van der Waals surface area contributed by atoms with Crippen LogP contribution in [0.25, 0.3) is 0 Å². The van der Waals surface area contributed by atoms with Crippen LogP contribution in [0.1, 0.15) is 100 Å². The quantitative estimate of drug-likeness (QED) is 0.107. The first kappa shape index (κ1) is 67.4. The van der Waals surface area contributed by atoms with Crippen LogP contribution in [0.4, 0.5) is 13.2 Å². The minimum Gasteiger partial charge on any atom is -0.480 e. The lowest BCUT2D eigenvalue weighted by Crippen LogP contribution is -2.61. The molecule has 8 atom stereocenters. The van der Waals surface area contributed by atoms with Crippen molar-refractivity contribution in [2.45, 2.75) is 156 Å². The molecule has 81 heavy (non-hydrogen) atoms. The molecule has 448 valence electrons. The Kier molecular flexibility index (Phi) is 28.1. The SMILES string of the molecule is CCCCCC(=O)N[C@H]1CSCc2cc(CSCCN)cc(c2)CSC[C@@H](C(=O)O)NC(=O)[C@H](Cc2ccccc2)NC(=O)C(CCC(N)=O)NC(=O)[C@H]([C@@H](C)O)NC(=O)[C@@H]2CCCN2C(=O)[C@@H]2CCCN2C1=O.O=C(O)C(F)(F)F. The van der Waals surface area contributed by atoms with Crippen molar-refractivity contribution in [3.63, 3.8) is 0 Å². The van der Waals surface area contributed by atoms with Crippen molar-refractivity contribution < 1.29 is 76.4 Å². The number of nitrogens with two attached hydrogens (primary N) is 2.